The molecular weight excluding hydrogens is 276 g/mol. The molecule has 6 heteroatoms. The van der Waals surface area contributed by atoms with Gasteiger partial charge < -0.3 is 10.4 Å². The molecule has 0 aliphatic carbocycles. The number of thiazole rings is 1. The second-order valence-corrected chi connectivity index (χ2v) is 5.23. The van der Waals surface area contributed by atoms with Gasteiger partial charge in [0.15, 0.2) is 16.6 Å². The van der Waals surface area contributed by atoms with Gasteiger partial charge in [0.2, 0.25) is 0 Å². The van der Waals surface area contributed by atoms with Crippen LogP contribution >= 0.6 is 11.3 Å². The van der Waals surface area contributed by atoms with Crippen LogP contribution < -0.4 is 5.32 Å². The summed E-state index contributed by atoms with van der Waals surface area (Å²) in [5.74, 6) is -1.49. The second-order valence-electron chi connectivity index (χ2n) is 4.23. The lowest BCUT2D eigenvalue weighted by molar-refractivity contribution is 0.0687. The molecule has 2 rings (SSSR count). The van der Waals surface area contributed by atoms with E-state index in [0.29, 0.717) is 5.13 Å². The maximum atomic E-state index is 11.4. The lowest BCUT2D eigenvalue weighted by atomic mass is 10.1. The summed E-state index contributed by atoms with van der Waals surface area (Å²) in [5.41, 5.74) is 1.82. The summed E-state index contributed by atoms with van der Waals surface area (Å²) >= 11 is 1.05. The molecule has 1 aromatic heterocycles. The van der Waals surface area contributed by atoms with Gasteiger partial charge in [-0.1, -0.05) is 30.4 Å². The van der Waals surface area contributed by atoms with E-state index in [0.717, 1.165) is 23.4 Å². The van der Waals surface area contributed by atoms with Crippen molar-refractivity contribution >= 4 is 33.9 Å². The lowest BCUT2D eigenvalue weighted by Crippen LogP contribution is -2.03. The van der Waals surface area contributed by atoms with E-state index in [-0.39, 0.29) is 16.4 Å². The van der Waals surface area contributed by atoms with Crippen molar-refractivity contribution in [2.75, 3.05) is 5.32 Å². The van der Waals surface area contributed by atoms with E-state index in [9.17, 15) is 9.59 Å². The van der Waals surface area contributed by atoms with E-state index in [1.807, 2.05) is 24.3 Å². The van der Waals surface area contributed by atoms with Crippen LogP contribution in [0.1, 0.15) is 39.6 Å². The number of nitrogens with zero attached hydrogens (tertiary/aromatic N) is 1. The number of aromatic carboxylic acids is 1. The van der Waals surface area contributed by atoms with Gasteiger partial charge in [-0.3, -0.25) is 4.79 Å². The highest BCUT2D eigenvalue weighted by molar-refractivity contribution is 7.17. The van der Waals surface area contributed by atoms with E-state index in [2.05, 4.69) is 17.2 Å². The van der Waals surface area contributed by atoms with Gasteiger partial charge in [-0.15, -0.1) is 0 Å². The number of hydrogen-bond donors (Lipinski definition) is 2. The van der Waals surface area contributed by atoms with E-state index >= 15 is 0 Å². The van der Waals surface area contributed by atoms with Crippen molar-refractivity contribution in [2.45, 2.75) is 20.3 Å². The highest BCUT2D eigenvalue weighted by Crippen LogP contribution is 2.26. The summed E-state index contributed by atoms with van der Waals surface area (Å²) in [6.45, 7) is 3.40. The van der Waals surface area contributed by atoms with Crippen LogP contribution in [0.2, 0.25) is 0 Å². The number of nitrogens with one attached hydrogen (secondary N) is 1. The van der Waals surface area contributed by atoms with Gasteiger partial charge in [0, 0.05) is 12.6 Å². The van der Waals surface area contributed by atoms with Crippen LogP contribution in [-0.4, -0.2) is 21.8 Å². The molecule has 0 spiro atoms. The van der Waals surface area contributed by atoms with Crippen molar-refractivity contribution in [3.8, 4) is 0 Å². The summed E-state index contributed by atoms with van der Waals surface area (Å²) < 4.78 is 0. The Balaban J connectivity index is 2.26. The van der Waals surface area contributed by atoms with Gasteiger partial charge in [-0.05, 0) is 24.1 Å². The Morgan fingerprint density at radius 1 is 1.30 bits per heavy atom. The van der Waals surface area contributed by atoms with Crippen molar-refractivity contribution < 1.29 is 14.7 Å². The maximum absolute atomic E-state index is 11.4. The number of aryl methyl sites for hydroxylation is 1. The average molecular weight is 290 g/mol. The molecule has 0 saturated carbocycles. The fraction of sp³-hybridized carbons (Fsp3) is 0.214. The predicted molar refractivity (Wildman–Crippen MR) is 78.2 cm³/mol. The Morgan fingerprint density at radius 3 is 2.40 bits per heavy atom. The van der Waals surface area contributed by atoms with Gasteiger partial charge in [0.05, 0.1) is 0 Å². The number of Topliss-reactive ketones (excluding diaryl/α,β-unsaturated/α-hetero) is 1. The highest BCUT2D eigenvalue weighted by atomic mass is 32.1. The fourth-order valence-electron chi connectivity index (χ4n) is 1.70. The summed E-state index contributed by atoms with van der Waals surface area (Å²) in [5, 5.41) is 12.4. The van der Waals surface area contributed by atoms with E-state index in [1.54, 1.807) is 0 Å². The van der Waals surface area contributed by atoms with E-state index in [1.165, 1.54) is 12.5 Å². The van der Waals surface area contributed by atoms with Crippen molar-refractivity contribution in [2.24, 2.45) is 0 Å². The third-order valence-corrected chi connectivity index (χ3v) is 3.83. The molecule has 1 heterocycles. The Bertz CT molecular complexity index is 615. The van der Waals surface area contributed by atoms with Crippen molar-refractivity contribution in [3.05, 3.63) is 40.4 Å². The first-order valence-electron chi connectivity index (χ1n) is 6.12. The summed E-state index contributed by atoms with van der Waals surface area (Å²) in [6, 6.07) is 7.77. The number of benzene rings is 1. The number of anilines is 2. The average Bonchev–Trinajstić information content (AvgIpc) is 2.84. The fourth-order valence-corrected chi connectivity index (χ4v) is 2.58. The number of aromatic nitrogens is 1. The largest absolute Gasteiger partial charge is 0.476 e. The molecular formula is C14H14N2O3S. The molecule has 1 aromatic carbocycles. The summed E-state index contributed by atoms with van der Waals surface area (Å²) in [4.78, 5) is 26.6. The van der Waals surface area contributed by atoms with Crippen LogP contribution in [-0.2, 0) is 6.42 Å². The van der Waals surface area contributed by atoms with Crippen LogP contribution in [0.5, 0.6) is 0 Å². The SMILES string of the molecule is CCc1ccc(Nc2nc(C(=O)O)c(C(C)=O)s2)cc1. The maximum Gasteiger partial charge on any atom is 0.356 e. The van der Waals surface area contributed by atoms with E-state index < -0.39 is 5.97 Å². The highest BCUT2D eigenvalue weighted by Gasteiger charge is 2.20. The van der Waals surface area contributed by atoms with Gasteiger partial charge >= 0.3 is 5.97 Å². The topological polar surface area (TPSA) is 79.3 Å². The third kappa shape index (κ3) is 3.03. The first-order valence-corrected chi connectivity index (χ1v) is 6.94. The zero-order chi connectivity index (χ0) is 14.7. The van der Waals surface area contributed by atoms with Crippen molar-refractivity contribution in [3.63, 3.8) is 0 Å². The molecule has 0 atom stereocenters. The summed E-state index contributed by atoms with van der Waals surface area (Å²) in [6.07, 6.45) is 0.954. The molecule has 0 fully saturated rings. The number of carboxylic acids is 1. The quantitative estimate of drug-likeness (QED) is 0.825. The molecule has 2 aromatic rings. The first kappa shape index (κ1) is 14.2. The molecule has 0 aliphatic rings. The molecule has 5 nitrogen and oxygen atoms in total. The summed E-state index contributed by atoms with van der Waals surface area (Å²) in [7, 11) is 0. The van der Waals surface area contributed by atoms with Crippen LogP contribution in [0.3, 0.4) is 0 Å². The zero-order valence-corrected chi connectivity index (χ0v) is 12.0. The number of carbonyl (C=O) groups is 2. The Labute approximate surface area is 120 Å². The van der Waals surface area contributed by atoms with Gasteiger partial charge in [0.1, 0.15) is 4.88 Å². The molecule has 0 unspecified atom stereocenters. The first-order chi connectivity index (χ1) is 9.51. The third-order valence-electron chi connectivity index (χ3n) is 2.76. The number of hydrogen-bond acceptors (Lipinski definition) is 5. The monoisotopic (exact) mass is 290 g/mol. The predicted octanol–water partition coefficient (Wildman–Crippen LogP) is 3.35. The molecule has 0 bridgehead atoms. The van der Waals surface area contributed by atoms with Crippen LogP contribution in [0.4, 0.5) is 10.8 Å². The lowest BCUT2D eigenvalue weighted by Gasteiger charge is -2.03. The molecule has 0 amide bonds. The number of carbonyl (C=O) groups excluding carboxylic acids is 1. The molecule has 0 aliphatic heterocycles. The van der Waals surface area contributed by atoms with E-state index in [4.69, 9.17) is 5.11 Å². The minimum Gasteiger partial charge on any atom is -0.476 e. The van der Waals surface area contributed by atoms with Crippen LogP contribution in [0.15, 0.2) is 24.3 Å². The standard InChI is InChI=1S/C14H14N2O3S/c1-3-9-4-6-10(7-5-9)15-14-16-11(13(18)19)12(20-14)8(2)17/h4-7H,3H2,1-2H3,(H,15,16)(H,18,19). The van der Waals surface area contributed by atoms with Gasteiger partial charge in [-0.2, -0.15) is 0 Å². The number of carboxylic acid groups (broad SMARTS) is 1. The van der Waals surface area contributed by atoms with Crippen LogP contribution in [0.25, 0.3) is 0 Å². The normalized spacial score (nSPS) is 10.3. The molecule has 0 saturated heterocycles. The molecule has 104 valence electrons. The van der Waals surface area contributed by atoms with Crippen molar-refractivity contribution in [1.29, 1.82) is 0 Å². The van der Waals surface area contributed by atoms with Gasteiger partial charge in [0.25, 0.3) is 0 Å². The van der Waals surface area contributed by atoms with Crippen molar-refractivity contribution in [1.82, 2.24) is 4.98 Å². The molecule has 20 heavy (non-hydrogen) atoms. The van der Waals surface area contributed by atoms with Crippen LogP contribution in [0, 0.1) is 0 Å². The van der Waals surface area contributed by atoms with Gasteiger partial charge in [-0.25, -0.2) is 9.78 Å². The molecule has 0 radical (unpaired) electrons. The smallest absolute Gasteiger partial charge is 0.356 e. The number of rotatable bonds is 5. The zero-order valence-electron chi connectivity index (χ0n) is 11.1. The Morgan fingerprint density at radius 2 is 1.95 bits per heavy atom. The molecule has 2 N–H and O–H groups in total. The second kappa shape index (κ2) is 5.83. The minimum absolute atomic E-state index is 0.158. The number of ketones is 1. The minimum atomic E-state index is -1.19. The Kier molecular flexibility index (Phi) is 4.14. The Hall–Kier alpha value is -2.21.